The van der Waals surface area contributed by atoms with Gasteiger partial charge in [-0.05, 0) is 37.3 Å². The third-order valence-electron chi connectivity index (χ3n) is 3.14. The molecule has 0 radical (unpaired) electrons. The number of esters is 1. The smallest absolute Gasteiger partial charge is 0.339 e. The van der Waals surface area contributed by atoms with Crippen LogP contribution < -0.4 is 4.74 Å². The molecular weight excluding hydrogens is 304 g/mol. The lowest BCUT2D eigenvalue weighted by Gasteiger charge is -2.11. The molecule has 0 N–H and O–H groups in total. The van der Waals surface area contributed by atoms with Gasteiger partial charge in [-0.1, -0.05) is 23.7 Å². The predicted molar refractivity (Wildman–Crippen MR) is 83.6 cm³/mol. The molecule has 2 rings (SSSR count). The minimum absolute atomic E-state index is 0.00561. The Bertz CT molecular complexity index is 710. The van der Waals surface area contributed by atoms with Gasteiger partial charge in [-0.15, -0.1) is 0 Å². The van der Waals surface area contributed by atoms with E-state index < -0.39 is 5.97 Å². The van der Waals surface area contributed by atoms with E-state index in [4.69, 9.17) is 21.1 Å². The molecule has 0 bridgehead atoms. The normalized spacial score (nSPS) is 10.1. The van der Waals surface area contributed by atoms with Crippen LogP contribution in [-0.2, 0) is 11.3 Å². The second-order valence-corrected chi connectivity index (χ2v) is 5.05. The van der Waals surface area contributed by atoms with Crippen LogP contribution in [0.5, 0.6) is 5.75 Å². The van der Waals surface area contributed by atoms with E-state index in [2.05, 4.69) is 0 Å². The summed E-state index contributed by atoms with van der Waals surface area (Å²) in [6.07, 6.45) is 0. The van der Waals surface area contributed by atoms with Crippen molar-refractivity contribution in [3.8, 4) is 5.75 Å². The molecule has 22 heavy (non-hydrogen) atoms. The van der Waals surface area contributed by atoms with E-state index >= 15 is 0 Å². The molecule has 0 heterocycles. The van der Waals surface area contributed by atoms with Crippen LogP contribution in [-0.4, -0.2) is 18.9 Å². The van der Waals surface area contributed by atoms with E-state index in [1.807, 2.05) is 0 Å². The Morgan fingerprint density at radius 2 is 1.86 bits per heavy atom. The highest BCUT2D eigenvalue weighted by Gasteiger charge is 2.13. The largest absolute Gasteiger partial charge is 0.496 e. The average Bonchev–Trinajstić information content (AvgIpc) is 2.52. The maximum Gasteiger partial charge on any atom is 0.339 e. The highest BCUT2D eigenvalue weighted by atomic mass is 35.5. The van der Waals surface area contributed by atoms with Gasteiger partial charge in [0.05, 0.1) is 17.7 Å². The maximum atomic E-state index is 12.0. The van der Waals surface area contributed by atoms with E-state index in [1.54, 1.807) is 42.5 Å². The highest BCUT2D eigenvalue weighted by Crippen LogP contribution is 2.22. The standard InChI is InChI=1S/C17H15ClO4/c1-11(19)12-7-8-16(21-2)13(9-12)10-22-17(20)14-5-3-4-6-15(14)18/h3-9H,10H2,1-2H3. The quantitative estimate of drug-likeness (QED) is 0.619. The van der Waals surface area contributed by atoms with Crippen LogP contribution in [0.15, 0.2) is 42.5 Å². The maximum absolute atomic E-state index is 12.0. The Labute approximate surface area is 133 Å². The molecule has 0 aromatic heterocycles. The van der Waals surface area contributed by atoms with Crippen molar-refractivity contribution in [3.05, 3.63) is 64.2 Å². The van der Waals surface area contributed by atoms with Crippen molar-refractivity contribution < 1.29 is 19.1 Å². The molecule has 2 aromatic carbocycles. The van der Waals surface area contributed by atoms with Crippen LogP contribution in [0.4, 0.5) is 0 Å². The SMILES string of the molecule is COc1ccc(C(C)=O)cc1COC(=O)c1ccccc1Cl. The van der Waals surface area contributed by atoms with Gasteiger partial charge in [0.2, 0.25) is 0 Å². The van der Waals surface area contributed by atoms with Crippen molar-refractivity contribution in [1.82, 2.24) is 0 Å². The molecule has 0 unspecified atom stereocenters. The predicted octanol–water partition coefficient (Wildman–Crippen LogP) is 3.91. The molecule has 0 fully saturated rings. The number of Topliss-reactive ketones (excluding diaryl/α,β-unsaturated/α-hetero) is 1. The molecular formula is C17H15ClO4. The molecule has 114 valence electrons. The fourth-order valence-corrected chi connectivity index (χ4v) is 2.17. The van der Waals surface area contributed by atoms with Crippen molar-refractivity contribution in [2.45, 2.75) is 13.5 Å². The van der Waals surface area contributed by atoms with E-state index in [0.29, 0.717) is 27.5 Å². The van der Waals surface area contributed by atoms with Gasteiger partial charge < -0.3 is 9.47 Å². The van der Waals surface area contributed by atoms with Gasteiger partial charge in [-0.25, -0.2) is 4.79 Å². The molecule has 0 aliphatic carbocycles. The first-order valence-corrected chi connectivity index (χ1v) is 7.00. The number of carbonyl (C=O) groups excluding carboxylic acids is 2. The van der Waals surface area contributed by atoms with Gasteiger partial charge in [0.15, 0.2) is 5.78 Å². The van der Waals surface area contributed by atoms with Gasteiger partial charge in [-0.3, -0.25) is 4.79 Å². The van der Waals surface area contributed by atoms with E-state index in [1.165, 1.54) is 14.0 Å². The van der Waals surface area contributed by atoms with E-state index in [0.717, 1.165) is 0 Å². The summed E-state index contributed by atoms with van der Waals surface area (Å²) in [5.74, 6) is -0.0424. The van der Waals surface area contributed by atoms with Crippen LogP contribution in [0.1, 0.15) is 33.2 Å². The molecule has 0 saturated heterocycles. The lowest BCUT2D eigenvalue weighted by molar-refractivity contribution is 0.0470. The summed E-state index contributed by atoms with van der Waals surface area (Å²) in [5.41, 5.74) is 1.45. The molecule has 4 nitrogen and oxygen atoms in total. The fourth-order valence-electron chi connectivity index (χ4n) is 1.96. The summed E-state index contributed by atoms with van der Waals surface area (Å²) in [5, 5.41) is 0.331. The summed E-state index contributed by atoms with van der Waals surface area (Å²) >= 11 is 5.96. The topological polar surface area (TPSA) is 52.6 Å². The van der Waals surface area contributed by atoms with E-state index in [9.17, 15) is 9.59 Å². The summed E-state index contributed by atoms with van der Waals surface area (Å²) in [4.78, 5) is 23.5. The average molecular weight is 319 g/mol. The number of hydrogen-bond donors (Lipinski definition) is 0. The van der Waals surface area contributed by atoms with E-state index in [-0.39, 0.29) is 12.4 Å². The van der Waals surface area contributed by atoms with Gasteiger partial charge >= 0.3 is 5.97 Å². The number of hydrogen-bond acceptors (Lipinski definition) is 4. The number of carbonyl (C=O) groups is 2. The minimum atomic E-state index is -0.527. The monoisotopic (exact) mass is 318 g/mol. The summed E-state index contributed by atoms with van der Waals surface area (Å²) in [6.45, 7) is 1.47. The molecule has 2 aromatic rings. The number of benzene rings is 2. The number of rotatable bonds is 5. The number of ketones is 1. The summed E-state index contributed by atoms with van der Waals surface area (Å²) in [7, 11) is 1.52. The van der Waals surface area contributed by atoms with Crippen molar-refractivity contribution in [1.29, 1.82) is 0 Å². The van der Waals surface area contributed by atoms with Gasteiger partial charge in [0, 0.05) is 11.1 Å². The van der Waals surface area contributed by atoms with Crippen LogP contribution in [0.3, 0.4) is 0 Å². The van der Waals surface area contributed by atoms with Gasteiger partial charge in [0.1, 0.15) is 12.4 Å². The lowest BCUT2D eigenvalue weighted by atomic mass is 10.1. The number of ether oxygens (including phenoxy) is 2. The van der Waals surface area contributed by atoms with Gasteiger partial charge in [0.25, 0.3) is 0 Å². The van der Waals surface area contributed by atoms with Gasteiger partial charge in [-0.2, -0.15) is 0 Å². The third-order valence-corrected chi connectivity index (χ3v) is 3.47. The van der Waals surface area contributed by atoms with Crippen LogP contribution >= 0.6 is 11.6 Å². The number of halogens is 1. The highest BCUT2D eigenvalue weighted by molar-refractivity contribution is 6.33. The Balaban J connectivity index is 2.17. The molecule has 0 aliphatic rings. The Kier molecular flexibility index (Phi) is 5.17. The molecule has 5 heteroatoms. The Morgan fingerprint density at radius 1 is 1.14 bits per heavy atom. The Hall–Kier alpha value is -2.33. The van der Waals surface area contributed by atoms with Crippen molar-refractivity contribution in [3.63, 3.8) is 0 Å². The zero-order valence-electron chi connectivity index (χ0n) is 12.3. The van der Waals surface area contributed by atoms with Crippen molar-refractivity contribution >= 4 is 23.4 Å². The van der Waals surface area contributed by atoms with Crippen molar-refractivity contribution in [2.75, 3.05) is 7.11 Å². The minimum Gasteiger partial charge on any atom is -0.496 e. The molecule has 0 atom stereocenters. The molecule has 0 saturated carbocycles. The fraction of sp³-hybridized carbons (Fsp3) is 0.176. The second kappa shape index (κ2) is 7.09. The Morgan fingerprint density at radius 3 is 2.50 bits per heavy atom. The first-order chi connectivity index (χ1) is 10.5. The first kappa shape index (κ1) is 16.0. The first-order valence-electron chi connectivity index (χ1n) is 6.62. The molecule has 0 amide bonds. The van der Waals surface area contributed by atoms with Crippen molar-refractivity contribution in [2.24, 2.45) is 0 Å². The number of methoxy groups -OCH3 is 1. The van der Waals surface area contributed by atoms with Crippen LogP contribution in [0, 0.1) is 0 Å². The summed E-state index contributed by atoms with van der Waals surface area (Å²) < 4.78 is 10.5. The summed E-state index contributed by atoms with van der Waals surface area (Å²) in [6, 6.07) is 11.7. The van der Waals surface area contributed by atoms with Crippen LogP contribution in [0.25, 0.3) is 0 Å². The molecule has 0 spiro atoms. The zero-order valence-corrected chi connectivity index (χ0v) is 13.0. The third kappa shape index (κ3) is 3.65. The molecule has 0 aliphatic heterocycles. The lowest BCUT2D eigenvalue weighted by Crippen LogP contribution is -2.07. The second-order valence-electron chi connectivity index (χ2n) is 4.64. The van der Waals surface area contributed by atoms with Crippen LogP contribution in [0.2, 0.25) is 5.02 Å². The zero-order chi connectivity index (χ0) is 16.1.